The summed E-state index contributed by atoms with van der Waals surface area (Å²) in [6.45, 7) is 0.383. The lowest BCUT2D eigenvalue weighted by Crippen LogP contribution is -2.39. The Hall–Kier alpha value is -3.77. The van der Waals surface area contributed by atoms with E-state index in [0.717, 1.165) is 27.8 Å². The van der Waals surface area contributed by atoms with Crippen molar-refractivity contribution in [3.63, 3.8) is 0 Å². The molecule has 0 aliphatic heterocycles. The molecule has 2 amide bonds. The van der Waals surface area contributed by atoms with Gasteiger partial charge in [0, 0.05) is 13.0 Å². The number of hydrogen-bond acceptors (Lipinski definition) is 4. The molecule has 4 rings (SSSR count). The van der Waals surface area contributed by atoms with Gasteiger partial charge < -0.3 is 10.4 Å². The molecule has 6 heteroatoms. The maximum Gasteiger partial charge on any atom is 0.320 e. The van der Waals surface area contributed by atoms with E-state index in [1.54, 1.807) is 0 Å². The molecule has 0 radical (unpaired) electrons. The van der Waals surface area contributed by atoms with Gasteiger partial charge in [-0.05, 0) is 34.2 Å². The quantitative estimate of drug-likeness (QED) is 0.511. The number of carboxylic acids is 1. The van der Waals surface area contributed by atoms with Crippen molar-refractivity contribution in [1.82, 2.24) is 10.6 Å². The molecule has 6 nitrogen and oxygen atoms in total. The van der Waals surface area contributed by atoms with Crippen molar-refractivity contribution in [3.05, 3.63) is 95.6 Å². The minimum absolute atomic E-state index is 0.0689. The van der Waals surface area contributed by atoms with Crippen molar-refractivity contribution in [3.8, 4) is 11.1 Å². The number of nitrogens with one attached hydrogen (secondary N) is 2. The Morgan fingerprint density at radius 3 is 1.97 bits per heavy atom. The summed E-state index contributed by atoms with van der Waals surface area (Å²) in [4.78, 5) is 37.1. The fourth-order valence-electron chi connectivity index (χ4n) is 4.14. The van der Waals surface area contributed by atoms with E-state index in [0.29, 0.717) is 6.54 Å². The number of rotatable bonds is 8. The minimum Gasteiger partial charge on any atom is -0.480 e. The number of carbonyl (C=O) groups is 3. The maximum absolute atomic E-state index is 13.0. The molecule has 0 saturated heterocycles. The number of carboxylic acid groups (broad SMARTS) is 1. The van der Waals surface area contributed by atoms with Crippen molar-refractivity contribution in [1.29, 1.82) is 0 Å². The number of benzene rings is 3. The third kappa shape index (κ3) is 4.60. The van der Waals surface area contributed by atoms with Crippen molar-refractivity contribution in [2.24, 2.45) is 0 Å². The first kappa shape index (κ1) is 21.5. The summed E-state index contributed by atoms with van der Waals surface area (Å²) >= 11 is 0. The molecule has 0 unspecified atom stereocenters. The molecule has 3 N–H and O–H groups in total. The molecule has 3 aromatic carbocycles. The fraction of sp³-hybridized carbons (Fsp3) is 0.192. The summed E-state index contributed by atoms with van der Waals surface area (Å²) in [5.74, 6) is -2.46. The van der Waals surface area contributed by atoms with E-state index < -0.39 is 29.7 Å². The Balaban J connectivity index is 1.37. The van der Waals surface area contributed by atoms with Crippen molar-refractivity contribution in [2.75, 3.05) is 0 Å². The molecule has 0 saturated carbocycles. The summed E-state index contributed by atoms with van der Waals surface area (Å²) in [7, 11) is 0. The average Bonchev–Trinajstić information content (AvgIpc) is 3.14. The number of fused-ring (bicyclic) bond motifs is 3. The molecule has 0 heterocycles. The Labute approximate surface area is 186 Å². The monoisotopic (exact) mass is 428 g/mol. The highest BCUT2D eigenvalue weighted by Crippen LogP contribution is 2.44. The van der Waals surface area contributed by atoms with Gasteiger partial charge in [0.15, 0.2) is 0 Å². The van der Waals surface area contributed by atoms with Gasteiger partial charge in [0.2, 0.25) is 11.8 Å². The van der Waals surface area contributed by atoms with Gasteiger partial charge in [-0.25, -0.2) is 0 Å². The molecule has 0 aromatic heterocycles. The molecule has 1 aliphatic rings. The summed E-state index contributed by atoms with van der Waals surface area (Å²) in [5, 5.41) is 14.9. The van der Waals surface area contributed by atoms with E-state index in [-0.39, 0.29) is 12.8 Å². The Morgan fingerprint density at radius 1 is 0.812 bits per heavy atom. The lowest BCUT2D eigenvalue weighted by molar-refractivity contribution is -0.139. The molecule has 0 fully saturated rings. The second-order valence-corrected chi connectivity index (χ2v) is 7.82. The Kier molecular flexibility index (Phi) is 6.42. The highest BCUT2D eigenvalue weighted by atomic mass is 16.4. The lowest BCUT2D eigenvalue weighted by Gasteiger charge is -2.16. The van der Waals surface area contributed by atoms with E-state index in [1.165, 1.54) is 0 Å². The van der Waals surface area contributed by atoms with Crippen LogP contribution in [0.5, 0.6) is 0 Å². The number of hydrogen-bond donors (Lipinski definition) is 3. The first-order valence-corrected chi connectivity index (χ1v) is 10.6. The standard InChI is InChI=1S/C26H24N2O4/c29-23(15-14-22(26(31)32)27-16-17-8-2-1-3-9-17)28-25(30)24-20-12-6-4-10-18(20)19-11-5-7-13-21(19)24/h1-13,22,24,27H,14-16H2,(H,31,32)(H,28,29,30)/t22-/m0/s1. The first-order chi connectivity index (χ1) is 15.5. The van der Waals surface area contributed by atoms with Crippen LogP contribution in [0, 0.1) is 0 Å². The number of carbonyl (C=O) groups excluding carboxylic acids is 2. The van der Waals surface area contributed by atoms with Gasteiger partial charge in [0.1, 0.15) is 6.04 Å². The zero-order valence-electron chi connectivity index (χ0n) is 17.5. The molecular formula is C26H24N2O4. The smallest absolute Gasteiger partial charge is 0.320 e. The topological polar surface area (TPSA) is 95.5 Å². The predicted octanol–water partition coefficient (Wildman–Crippen LogP) is 3.46. The molecule has 0 bridgehead atoms. The lowest BCUT2D eigenvalue weighted by atomic mass is 9.96. The van der Waals surface area contributed by atoms with Crippen LogP contribution in [-0.2, 0) is 20.9 Å². The molecule has 0 spiro atoms. The first-order valence-electron chi connectivity index (χ1n) is 10.6. The Morgan fingerprint density at radius 2 is 1.38 bits per heavy atom. The molecule has 1 atom stereocenters. The fourth-order valence-corrected chi connectivity index (χ4v) is 4.14. The SMILES string of the molecule is O=C(CC[C@H](NCc1ccccc1)C(=O)O)NC(=O)C1c2ccccc2-c2ccccc21. The van der Waals surface area contributed by atoms with Crippen LogP contribution in [0.15, 0.2) is 78.9 Å². The van der Waals surface area contributed by atoms with Crippen LogP contribution < -0.4 is 10.6 Å². The minimum atomic E-state index is -1.03. The highest BCUT2D eigenvalue weighted by Gasteiger charge is 2.34. The van der Waals surface area contributed by atoms with Gasteiger partial charge in [0.25, 0.3) is 0 Å². The van der Waals surface area contributed by atoms with Crippen LogP contribution in [0.3, 0.4) is 0 Å². The molecule has 162 valence electrons. The van der Waals surface area contributed by atoms with Gasteiger partial charge in [-0.15, -0.1) is 0 Å². The molecule has 3 aromatic rings. The van der Waals surface area contributed by atoms with E-state index in [1.807, 2.05) is 78.9 Å². The van der Waals surface area contributed by atoms with E-state index in [9.17, 15) is 19.5 Å². The normalized spacial score (nSPS) is 13.1. The molecular weight excluding hydrogens is 404 g/mol. The van der Waals surface area contributed by atoms with Crippen LogP contribution in [0.1, 0.15) is 35.4 Å². The van der Waals surface area contributed by atoms with E-state index in [4.69, 9.17) is 0 Å². The van der Waals surface area contributed by atoms with Crippen LogP contribution >= 0.6 is 0 Å². The van der Waals surface area contributed by atoms with Gasteiger partial charge in [0.05, 0.1) is 5.92 Å². The number of amides is 2. The predicted molar refractivity (Wildman–Crippen MR) is 121 cm³/mol. The van der Waals surface area contributed by atoms with Crippen molar-refractivity contribution < 1.29 is 19.5 Å². The Bertz CT molecular complexity index is 1100. The summed E-state index contributed by atoms with van der Waals surface area (Å²) in [6, 6.07) is 23.9. The maximum atomic E-state index is 13.0. The van der Waals surface area contributed by atoms with E-state index >= 15 is 0 Å². The number of aliphatic carboxylic acids is 1. The number of imide groups is 1. The van der Waals surface area contributed by atoms with Crippen molar-refractivity contribution >= 4 is 17.8 Å². The summed E-state index contributed by atoms with van der Waals surface area (Å²) < 4.78 is 0. The highest BCUT2D eigenvalue weighted by molar-refractivity contribution is 6.03. The second-order valence-electron chi connectivity index (χ2n) is 7.82. The zero-order chi connectivity index (χ0) is 22.5. The molecule has 32 heavy (non-hydrogen) atoms. The van der Waals surface area contributed by atoms with Gasteiger partial charge in [-0.1, -0.05) is 78.9 Å². The van der Waals surface area contributed by atoms with E-state index in [2.05, 4.69) is 10.6 Å². The summed E-state index contributed by atoms with van der Waals surface area (Å²) in [5.41, 5.74) is 4.68. The zero-order valence-corrected chi connectivity index (χ0v) is 17.5. The average molecular weight is 428 g/mol. The van der Waals surface area contributed by atoms with Gasteiger partial charge in [-0.2, -0.15) is 0 Å². The third-order valence-corrected chi connectivity index (χ3v) is 5.71. The van der Waals surface area contributed by atoms with Crippen molar-refractivity contribution in [2.45, 2.75) is 31.3 Å². The third-order valence-electron chi connectivity index (χ3n) is 5.71. The van der Waals surface area contributed by atoms with Gasteiger partial charge >= 0.3 is 5.97 Å². The van der Waals surface area contributed by atoms with Crippen LogP contribution in [0.25, 0.3) is 11.1 Å². The largest absolute Gasteiger partial charge is 0.480 e. The van der Waals surface area contributed by atoms with Crippen LogP contribution in [-0.4, -0.2) is 28.9 Å². The van der Waals surface area contributed by atoms with Crippen LogP contribution in [0.4, 0.5) is 0 Å². The van der Waals surface area contributed by atoms with Gasteiger partial charge in [-0.3, -0.25) is 19.7 Å². The second kappa shape index (κ2) is 9.58. The van der Waals surface area contributed by atoms with Crippen LogP contribution in [0.2, 0.25) is 0 Å². The summed E-state index contributed by atoms with van der Waals surface area (Å²) in [6.07, 6.45) is 0.0135. The molecule has 1 aliphatic carbocycles.